The molecule has 1 aliphatic carbocycles. The maximum Gasteiger partial charge on any atom is 0.398 e. The number of rotatable bonds is 5. The van der Waals surface area contributed by atoms with Crippen molar-refractivity contribution in [1.82, 2.24) is 19.7 Å². The largest absolute Gasteiger partial charge is 0.398 e. The number of ether oxygens (including phenoxy) is 1. The van der Waals surface area contributed by atoms with Crippen LogP contribution in [0.25, 0.3) is 17.0 Å². The number of halogens is 3. The Hall–Kier alpha value is -2.65. The molecule has 2 fully saturated rings. The van der Waals surface area contributed by atoms with Gasteiger partial charge in [-0.2, -0.15) is 13.2 Å². The molecule has 2 aliphatic rings. The Morgan fingerprint density at radius 2 is 2.03 bits per heavy atom. The first-order chi connectivity index (χ1) is 14.4. The summed E-state index contributed by atoms with van der Waals surface area (Å²) < 4.78 is 47.9. The monoisotopic (exact) mass is 417 g/mol. The van der Waals surface area contributed by atoms with Crippen LogP contribution in [-0.4, -0.2) is 52.9 Å². The summed E-state index contributed by atoms with van der Waals surface area (Å²) in [5.74, 6) is 0.684. The minimum atomic E-state index is -4.25. The normalized spacial score (nSPS) is 23.1. The third kappa shape index (κ3) is 3.13. The molecule has 0 amide bonds. The van der Waals surface area contributed by atoms with Gasteiger partial charge in [-0.3, -0.25) is 4.40 Å². The topological polar surface area (TPSA) is 63.5 Å². The van der Waals surface area contributed by atoms with E-state index in [4.69, 9.17) is 4.74 Å². The molecule has 1 aliphatic heterocycles. The summed E-state index contributed by atoms with van der Waals surface area (Å²) in [6.45, 7) is 1.54. The Morgan fingerprint density at radius 3 is 2.77 bits per heavy atom. The summed E-state index contributed by atoms with van der Waals surface area (Å²) >= 11 is 0. The second-order valence-corrected chi connectivity index (χ2v) is 7.96. The molecule has 3 aromatic rings. The predicted molar refractivity (Wildman–Crippen MR) is 106 cm³/mol. The molecule has 0 bridgehead atoms. The minimum absolute atomic E-state index is 0.0471. The van der Waals surface area contributed by atoms with Crippen molar-refractivity contribution >= 4 is 11.5 Å². The van der Waals surface area contributed by atoms with Crippen LogP contribution in [0.15, 0.2) is 42.7 Å². The Labute approximate surface area is 171 Å². The van der Waals surface area contributed by atoms with E-state index in [9.17, 15) is 13.2 Å². The highest BCUT2D eigenvalue weighted by Crippen LogP contribution is 2.58. The number of hydrogen-bond acceptors (Lipinski definition) is 5. The zero-order valence-corrected chi connectivity index (χ0v) is 16.4. The number of fused-ring (bicyclic) bond motifs is 1. The van der Waals surface area contributed by atoms with Crippen LogP contribution in [0.1, 0.15) is 18.4 Å². The van der Waals surface area contributed by atoms with Crippen LogP contribution in [0.2, 0.25) is 0 Å². The molecule has 2 N–H and O–H groups in total. The molecule has 4 heterocycles. The molecule has 1 saturated carbocycles. The minimum Gasteiger partial charge on any atom is -0.378 e. The fraction of sp³-hybridized carbons (Fsp3) is 0.429. The molecular weight excluding hydrogens is 395 g/mol. The molecule has 30 heavy (non-hydrogen) atoms. The maximum absolute atomic E-state index is 13.6. The van der Waals surface area contributed by atoms with Crippen molar-refractivity contribution in [3.63, 3.8) is 0 Å². The highest BCUT2D eigenvalue weighted by Gasteiger charge is 2.64. The number of anilines is 1. The van der Waals surface area contributed by atoms with E-state index < -0.39 is 11.6 Å². The fourth-order valence-corrected chi connectivity index (χ4v) is 4.21. The third-order valence-corrected chi connectivity index (χ3v) is 6.16. The third-order valence-electron chi connectivity index (χ3n) is 6.16. The molecule has 5 rings (SSSR count). The van der Waals surface area contributed by atoms with Gasteiger partial charge < -0.3 is 15.4 Å². The molecule has 0 spiro atoms. The van der Waals surface area contributed by atoms with Gasteiger partial charge in [-0.15, -0.1) is 0 Å². The van der Waals surface area contributed by atoms with Gasteiger partial charge in [0.1, 0.15) is 11.5 Å². The number of imidazole rings is 1. The summed E-state index contributed by atoms with van der Waals surface area (Å²) in [5, 5.41) is 6.66. The van der Waals surface area contributed by atoms with E-state index in [1.807, 2.05) is 18.2 Å². The van der Waals surface area contributed by atoms with Gasteiger partial charge in [0.15, 0.2) is 0 Å². The SMILES string of the molecule is COC1CNCC1Nc1cccc(-c2cnc3ccc(C4(C(F)(F)F)CC4)cn23)n1. The van der Waals surface area contributed by atoms with E-state index in [2.05, 4.69) is 20.6 Å². The van der Waals surface area contributed by atoms with Crippen molar-refractivity contribution in [2.45, 2.75) is 36.6 Å². The number of methoxy groups -OCH3 is 1. The number of pyridine rings is 2. The van der Waals surface area contributed by atoms with Crippen LogP contribution < -0.4 is 10.6 Å². The van der Waals surface area contributed by atoms with Gasteiger partial charge in [0, 0.05) is 26.4 Å². The summed E-state index contributed by atoms with van der Waals surface area (Å²) in [7, 11) is 1.68. The van der Waals surface area contributed by atoms with Crippen molar-refractivity contribution < 1.29 is 17.9 Å². The lowest BCUT2D eigenvalue weighted by molar-refractivity contribution is -0.160. The van der Waals surface area contributed by atoms with Gasteiger partial charge in [0.05, 0.1) is 35.1 Å². The first-order valence-electron chi connectivity index (χ1n) is 9.93. The molecular formula is C21H22F3N5O. The highest BCUT2D eigenvalue weighted by molar-refractivity contribution is 5.62. The van der Waals surface area contributed by atoms with E-state index in [1.54, 1.807) is 30.0 Å². The maximum atomic E-state index is 13.6. The highest BCUT2D eigenvalue weighted by atomic mass is 19.4. The quantitative estimate of drug-likeness (QED) is 0.666. The van der Waals surface area contributed by atoms with Crippen molar-refractivity contribution in [1.29, 1.82) is 0 Å². The van der Waals surface area contributed by atoms with Crippen molar-refractivity contribution in [3.05, 3.63) is 48.3 Å². The van der Waals surface area contributed by atoms with E-state index >= 15 is 0 Å². The lowest BCUT2D eigenvalue weighted by Gasteiger charge is -2.20. The second-order valence-electron chi connectivity index (χ2n) is 7.96. The molecule has 2 atom stereocenters. The van der Waals surface area contributed by atoms with Crippen molar-refractivity contribution in [3.8, 4) is 11.4 Å². The van der Waals surface area contributed by atoms with Crippen LogP contribution in [0.5, 0.6) is 0 Å². The van der Waals surface area contributed by atoms with Gasteiger partial charge in [-0.25, -0.2) is 9.97 Å². The Bertz CT molecular complexity index is 1080. The van der Waals surface area contributed by atoms with E-state index in [1.165, 1.54) is 6.07 Å². The van der Waals surface area contributed by atoms with Gasteiger partial charge in [-0.05, 0) is 36.6 Å². The van der Waals surface area contributed by atoms with Crippen LogP contribution in [0, 0.1) is 0 Å². The van der Waals surface area contributed by atoms with Crippen LogP contribution in [-0.2, 0) is 10.2 Å². The van der Waals surface area contributed by atoms with Crippen molar-refractivity contribution in [2.75, 3.05) is 25.5 Å². The van der Waals surface area contributed by atoms with Crippen molar-refractivity contribution in [2.24, 2.45) is 0 Å². The zero-order valence-electron chi connectivity index (χ0n) is 16.4. The molecule has 9 heteroatoms. The molecule has 0 radical (unpaired) electrons. The molecule has 3 aromatic heterocycles. The standard InChI is InChI=1S/C21H22F3N5O/c1-30-17-11-25-9-15(17)28-18-4-2-3-14(27-18)16-10-26-19-6-5-13(12-29(16)19)20(7-8-20)21(22,23)24/h2-6,10,12,15,17,25H,7-9,11H2,1H3,(H,27,28). The Morgan fingerprint density at radius 1 is 1.20 bits per heavy atom. The average molecular weight is 417 g/mol. The van der Waals surface area contributed by atoms with E-state index in [0.717, 1.165) is 13.1 Å². The van der Waals surface area contributed by atoms with Crippen LogP contribution >= 0.6 is 0 Å². The number of nitrogens with zero attached hydrogens (tertiary/aromatic N) is 3. The van der Waals surface area contributed by atoms with Crippen LogP contribution in [0.4, 0.5) is 19.0 Å². The molecule has 1 saturated heterocycles. The lowest BCUT2D eigenvalue weighted by Crippen LogP contribution is -2.33. The average Bonchev–Trinajstić information content (AvgIpc) is 3.27. The number of alkyl halides is 3. The molecule has 158 valence electrons. The number of nitrogens with one attached hydrogen (secondary N) is 2. The summed E-state index contributed by atoms with van der Waals surface area (Å²) in [5.41, 5.74) is 0.426. The summed E-state index contributed by atoms with van der Waals surface area (Å²) in [4.78, 5) is 9.03. The number of aromatic nitrogens is 3. The molecule has 6 nitrogen and oxygen atoms in total. The fourth-order valence-electron chi connectivity index (χ4n) is 4.21. The predicted octanol–water partition coefficient (Wildman–Crippen LogP) is 3.39. The van der Waals surface area contributed by atoms with E-state index in [0.29, 0.717) is 22.9 Å². The number of hydrogen-bond donors (Lipinski definition) is 2. The zero-order chi connectivity index (χ0) is 20.9. The van der Waals surface area contributed by atoms with Gasteiger partial charge in [0.25, 0.3) is 0 Å². The van der Waals surface area contributed by atoms with Gasteiger partial charge >= 0.3 is 6.18 Å². The molecule has 0 aromatic carbocycles. The lowest BCUT2D eigenvalue weighted by atomic mass is 9.97. The summed E-state index contributed by atoms with van der Waals surface area (Å²) in [6.07, 6.45) is -0.753. The summed E-state index contributed by atoms with van der Waals surface area (Å²) in [6, 6.07) is 8.84. The smallest absolute Gasteiger partial charge is 0.378 e. The van der Waals surface area contributed by atoms with Gasteiger partial charge in [0.2, 0.25) is 0 Å². The first-order valence-corrected chi connectivity index (χ1v) is 9.93. The first kappa shape index (κ1) is 19.3. The molecule has 2 unspecified atom stereocenters. The Kier molecular flexibility index (Phi) is 4.48. The Balaban J connectivity index is 1.49. The van der Waals surface area contributed by atoms with E-state index in [-0.39, 0.29) is 30.6 Å². The van der Waals surface area contributed by atoms with Gasteiger partial charge in [-0.1, -0.05) is 12.1 Å². The van der Waals surface area contributed by atoms with Crippen LogP contribution in [0.3, 0.4) is 0 Å². The second kappa shape index (κ2) is 6.95.